The molecule has 198 valence electrons. The minimum atomic E-state index is -1.35. The standard InChI is InChI=1S/C32H28F2N2O3/c1-19-17-36-18-26(21-11-9-10-20(16-21)22-12-5-7-14-24(22)33)35-30(36)28(23-13-6-8-15-25(23)34)27(19)29(31(37)38)39-32(2,3)4/h5-18,29H,1-4H3,(H,37,38)/t29-/m1/s1. The predicted molar refractivity (Wildman–Crippen MR) is 147 cm³/mol. The molecule has 5 rings (SSSR count). The lowest BCUT2D eigenvalue weighted by atomic mass is 9.93. The Labute approximate surface area is 225 Å². The number of hydrogen-bond donors (Lipinski definition) is 1. The molecule has 0 saturated heterocycles. The molecule has 5 nitrogen and oxygen atoms in total. The van der Waals surface area contributed by atoms with Crippen molar-refractivity contribution in [3.8, 4) is 33.5 Å². The summed E-state index contributed by atoms with van der Waals surface area (Å²) in [5.74, 6) is -2.01. The second-order valence-electron chi connectivity index (χ2n) is 10.4. The van der Waals surface area contributed by atoms with E-state index in [1.54, 1.807) is 80.9 Å². The summed E-state index contributed by atoms with van der Waals surface area (Å²) in [5.41, 5.74) is 3.61. The van der Waals surface area contributed by atoms with E-state index in [4.69, 9.17) is 9.72 Å². The van der Waals surface area contributed by atoms with Gasteiger partial charge < -0.3 is 14.2 Å². The van der Waals surface area contributed by atoms with Gasteiger partial charge in [-0.3, -0.25) is 0 Å². The molecule has 1 atom stereocenters. The van der Waals surface area contributed by atoms with E-state index in [1.165, 1.54) is 12.1 Å². The molecule has 2 aromatic heterocycles. The molecular weight excluding hydrogens is 498 g/mol. The Morgan fingerprint density at radius 3 is 2.13 bits per heavy atom. The first-order valence-corrected chi connectivity index (χ1v) is 12.6. The number of fused-ring (bicyclic) bond motifs is 1. The number of rotatable bonds is 6. The molecule has 2 heterocycles. The van der Waals surface area contributed by atoms with E-state index in [0.29, 0.717) is 39.2 Å². The van der Waals surface area contributed by atoms with Crippen LogP contribution in [-0.4, -0.2) is 26.1 Å². The number of carbonyl (C=O) groups is 1. The SMILES string of the molecule is Cc1cn2cc(-c3cccc(-c4ccccc4F)c3)nc2c(-c2ccccc2F)c1[C@@H](OC(C)(C)C)C(=O)O. The van der Waals surface area contributed by atoms with E-state index in [9.17, 15) is 14.3 Å². The van der Waals surface area contributed by atoms with Gasteiger partial charge in [-0.2, -0.15) is 0 Å². The molecule has 7 heteroatoms. The van der Waals surface area contributed by atoms with Gasteiger partial charge in [0.25, 0.3) is 0 Å². The Morgan fingerprint density at radius 2 is 1.51 bits per heavy atom. The number of aromatic nitrogens is 2. The highest BCUT2D eigenvalue weighted by Crippen LogP contribution is 2.40. The van der Waals surface area contributed by atoms with Gasteiger partial charge in [-0.05, 0) is 57.0 Å². The van der Waals surface area contributed by atoms with Crippen LogP contribution in [0.15, 0.2) is 85.2 Å². The number of hydrogen-bond acceptors (Lipinski definition) is 3. The quantitative estimate of drug-likeness (QED) is 0.245. The van der Waals surface area contributed by atoms with Crippen LogP contribution in [0.2, 0.25) is 0 Å². The Kier molecular flexibility index (Phi) is 6.78. The first kappa shape index (κ1) is 26.3. The molecule has 0 amide bonds. The Morgan fingerprint density at radius 1 is 0.897 bits per heavy atom. The van der Waals surface area contributed by atoms with E-state index in [0.717, 1.165) is 5.56 Å². The molecule has 1 N–H and O–H groups in total. The molecule has 3 aromatic carbocycles. The van der Waals surface area contributed by atoms with E-state index in [2.05, 4.69) is 0 Å². The van der Waals surface area contributed by atoms with Crippen LogP contribution in [0, 0.1) is 18.6 Å². The normalized spacial score (nSPS) is 12.6. The zero-order valence-corrected chi connectivity index (χ0v) is 22.1. The second kappa shape index (κ2) is 10.1. The van der Waals surface area contributed by atoms with Crippen LogP contribution in [0.1, 0.15) is 38.0 Å². The van der Waals surface area contributed by atoms with Crippen LogP contribution in [0.5, 0.6) is 0 Å². The van der Waals surface area contributed by atoms with Crippen LogP contribution < -0.4 is 0 Å². The third-order valence-corrected chi connectivity index (χ3v) is 6.43. The smallest absolute Gasteiger partial charge is 0.337 e. The number of ether oxygens (including phenoxy) is 1. The van der Waals surface area contributed by atoms with Crippen LogP contribution in [0.3, 0.4) is 0 Å². The summed E-state index contributed by atoms with van der Waals surface area (Å²) >= 11 is 0. The molecule has 0 aliphatic heterocycles. The van der Waals surface area contributed by atoms with Crippen molar-refractivity contribution >= 4 is 11.6 Å². The van der Waals surface area contributed by atoms with Crippen LogP contribution in [-0.2, 0) is 9.53 Å². The molecule has 0 fully saturated rings. The van der Waals surface area contributed by atoms with Gasteiger partial charge in [0.15, 0.2) is 6.10 Å². The number of aryl methyl sites for hydroxylation is 1. The largest absolute Gasteiger partial charge is 0.479 e. The Balaban J connectivity index is 1.76. The minimum absolute atomic E-state index is 0.224. The number of halogens is 2. The summed E-state index contributed by atoms with van der Waals surface area (Å²) in [5, 5.41) is 10.2. The molecule has 0 unspecified atom stereocenters. The van der Waals surface area contributed by atoms with E-state index < -0.39 is 23.5 Å². The zero-order valence-electron chi connectivity index (χ0n) is 22.1. The first-order valence-electron chi connectivity index (χ1n) is 12.6. The Bertz CT molecular complexity index is 1700. The lowest BCUT2D eigenvalue weighted by Gasteiger charge is -2.28. The van der Waals surface area contributed by atoms with Crippen LogP contribution in [0.4, 0.5) is 8.78 Å². The number of carboxylic acid groups (broad SMARTS) is 1. The third kappa shape index (κ3) is 5.18. The molecule has 0 radical (unpaired) electrons. The van der Waals surface area contributed by atoms with Crippen LogP contribution in [0.25, 0.3) is 39.2 Å². The molecule has 39 heavy (non-hydrogen) atoms. The molecule has 0 saturated carbocycles. The maximum atomic E-state index is 15.3. The fourth-order valence-electron chi connectivity index (χ4n) is 4.81. The molecule has 5 aromatic rings. The van der Waals surface area contributed by atoms with E-state index >= 15 is 4.39 Å². The lowest BCUT2D eigenvalue weighted by molar-refractivity contribution is -0.160. The summed E-state index contributed by atoms with van der Waals surface area (Å²) < 4.78 is 37.5. The highest BCUT2D eigenvalue weighted by molar-refractivity contribution is 5.88. The van der Waals surface area contributed by atoms with Gasteiger partial charge in [-0.15, -0.1) is 0 Å². The molecule has 0 bridgehead atoms. The van der Waals surface area contributed by atoms with E-state index in [1.807, 2.05) is 24.3 Å². The van der Waals surface area contributed by atoms with Crippen molar-refractivity contribution in [2.75, 3.05) is 0 Å². The Hall–Kier alpha value is -4.36. The topological polar surface area (TPSA) is 63.8 Å². The van der Waals surface area contributed by atoms with Crippen molar-refractivity contribution < 1.29 is 23.4 Å². The van der Waals surface area contributed by atoms with Gasteiger partial charge in [0.1, 0.15) is 17.3 Å². The van der Waals surface area contributed by atoms with Gasteiger partial charge >= 0.3 is 5.97 Å². The molecule has 0 aliphatic rings. The summed E-state index contributed by atoms with van der Waals surface area (Å²) in [6.45, 7) is 7.10. The lowest BCUT2D eigenvalue weighted by Crippen LogP contribution is -2.28. The first-order chi connectivity index (χ1) is 18.5. The summed E-state index contributed by atoms with van der Waals surface area (Å²) in [6.07, 6.45) is 2.22. The number of nitrogens with zero attached hydrogens (tertiary/aromatic N) is 2. The van der Waals surface area contributed by atoms with Crippen molar-refractivity contribution in [2.45, 2.75) is 39.4 Å². The average molecular weight is 527 g/mol. The number of imidazole rings is 1. The van der Waals surface area contributed by atoms with Gasteiger partial charge in [0.05, 0.1) is 11.3 Å². The number of carboxylic acids is 1. The summed E-state index contributed by atoms with van der Waals surface area (Å²) in [6, 6.07) is 20.1. The fraction of sp³-hybridized carbons (Fsp3) is 0.188. The van der Waals surface area contributed by atoms with Crippen molar-refractivity contribution in [1.29, 1.82) is 0 Å². The highest BCUT2D eigenvalue weighted by atomic mass is 19.1. The molecule has 0 spiro atoms. The molecule has 0 aliphatic carbocycles. The van der Waals surface area contributed by atoms with Gasteiger partial charge in [-0.1, -0.05) is 54.6 Å². The van der Waals surface area contributed by atoms with Crippen molar-refractivity contribution in [1.82, 2.24) is 9.38 Å². The average Bonchev–Trinajstić information content (AvgIpc) is 3.30. The molecular formula is C32H28F2N2O3. The van der Waals surface area contributed by atoms with Gasteiger partial charge in [-0.25, -0.2) is 18.6 Å². The number of aliphatic carboxylic acids is 1. The summed E-state index contributed by atoms with van der Waals surface area (Å²) in [7, 11) is 0. The number of pyridine rings is 1. The predicted octanol–water partition coefficient (Wildman–Crippen LogP) is 7.86. The zero-order chi connectivity index (χ0) is 27.9. The number of benzene rings is 3. The summed E-state index contributed by atoms with van der Waals surface area (Å²) in [4.78, 5) is 17.3. The third-order valence-electron chi connectivity index (χ3n) is 6.43. The van der Waals surface area contributed by atoms with E-state index in [-0.39, 0.29) is 11.4 Å². The maximum Gasteiger partial charge on any atom is 0.337 e. The van der Waals surface area contributed by atoms with Crippen molar-refractivity contribution in [3.05, 3.63) is 108 Å². The highest BCUT2D eigenvalue weighted by Gasteiger charge is 2.33. The van der Waals surface area contributed by atoms with Crippen molar-refractivity contribution in [3.63, 3.8) is 0 Å². The van der Waals surface area contributed by atoms with Crippen LogP contribution >= 0.6 is 0 Å². The monoisotopic (exact) mass is 526 g/mol. The van der Waals surface area contributed by atoms with Gasteiger partial charge in [0, 0.05) is 40.2 Å². The second-order valence-corrected chi connectivity index (χ2v) is 10.4. The minimum Gasteiger partial charge on any atom is -0.479 e. The fourth-order valence-corrected chi connectivity index (χ4v) is 4.81. The maximum absolute atomic E-state index is 15.3. The van der Waals surface area contributed by atoms with Gasteiger partial charge in [0.2, 0.25) is 0 Å². The van der Waals surface area contributed by atoms with Crippen molar-refractivity contribution in [2.24, 2.45) is 0 Å².